The number of rotatable bonds is 5. The third-order valence-corrected chi connectivity index (χ3v) is 2.92. The molecule has 0 aliphatic carbocycles. The lowest BCUT2D eigenvalue weighted by Crippen LogP contribution is -2.42. The first kappa shape index (κ1) is 14.1. The Morgan fingerprint density at radius 3 is 2.85 bits per heavy atom. The van der Waals surface area contributed by atoms with Crippen molar-refractivity contribution in [3.8, 4) is 0 Å². The van der Waals surface area contributed by atoms with Crippen LogP contribution in [0.5, 0.6) is 0 Å². The minimum Gasteiger partial charge on any atom is -0.460 e. The Morgan fingerprint density at radius 1 is 1.50 bits per heavy atom. The Hall–Kier alpha value is -2.34. The average Bonchev–Trinajstić information content (AvgIpc) is 2.86. The largest absolute Gasteiger partial charge is 0.460 e. The molecule has 1 aromatic carbocycles. The molecule has 1 amide bonds. The van der Waals surface area contributed by atoms with Gasteiger partial charge in [-0.3, -0.25) is 0 Å². The van der Waals surface area contributed by atoms with E-state index in [2.05, 4.69) is 11.9 Å². The topological polar surface area (TPSA) is 84.9 Å². The number of amides is 1. The van der Waals surface area contributed by atoms with Gasteiger partial charge >= 0.3 is 12.1 Å². The van der Waals surface area contributed by atoms with Gasteiger partial charge in [-0.2, -0.15) is 0 Å². The number of hydrogen-bond donors (Lipinski definition) is 2. The van der Waals surface area contributed by atoms with Crippen molar-refractivity contribution in [2.24, 2.45) is 0 Å². The fourth-order valence-corrected chi connectivity index (χ4v) is 1.87. The van der Waals surface area contributed by atoms with E-state index in [9.17, 15) is 14.7 Å². The lowest BCUT2D eigenvalue weighted by molar-refractivity contribution is 0.0202. The first-order chi connectivity index (χ1) is 9.61. The van der Waals surface area contributed by atoms with Crippen LogP contribution in [0.1, 0.15) is 10.4 Å². The van der Waals surface area contributed by atoms with E-state index in [1.807, 2.05) is 0 Å². The highest BCUT2D eigenvalue weighted by Crippen LogP contribution is 2.15. The zero-order valence-electron chi connectivity index (χ0n) is 10.7. The predicted octanol–water partition coefficient (Wildman–Crippen LogP) is 0.867. The summed E-state index contributed by atoms with van der Waals surface area (Å²) in [6.07, 6.45) is -1.23. The van der Waals surface area contributed by atoms with E-state index >= 15 is 0 Å². The third kappa shape index (κ3) is 3.16. The van der Waals surface area contributed by atoms with Gasteiger partial charge in [0.05, 0.1) is 5.56 Å². The third-order valence-electron chi connectivity index (χ3n) is 2.92. The summed E-state index contributed by atoms with van der Waals surface area (Å²) in [5.41, 5.74) is 0.415. The van der Waals surface area contributed by atoms with Crippen molar-refractivity contribution in [1.29, 1.82) is 0 Å². The monoisotopic (exact) mass is 277 g/mol. The SMILES string of the molecule is C=C[C@@H](O)[C@H]1OC(=O)N[C@H]1COC(=O)c1ccccc1. The normalized spacial score (nSPS) is 22.6. The van der Waals surface area contributed by atoms with E-state index < -0.39 is 30.3 Å². The minimum atomic E-state index is -1.02. The van der Waals surface area contributed by atoms with Crippen molar-refractivity contribution in [3.63, 3.8) is 0 Å². The van der Waals surface area contributed by atoms with Gasteiger partial charge in [-0.05, 0) is 12.1 Å². The number of alkyl carbamates (subject to hydrolysis) is 1. The maximum absolute atomic E-state index is 11.8. The molecule has 0 bridgehead atoms. The van der Waals surface area contributed by atoms with Gasteiger partial charge < -0.3 is 19.9 Å². The molecule has 0 spiro atoms. The molecule has 0 unspecified atom stereocenters. The molecule has 2 rings (SSSR count). The van der Waals surface area contributed by atoms with Gasteiger partial charge in [-0.1, -0.05) is 24.3 Å². The van der Waals surface area contributed by atoms with Gasteiger partial charge in [0.25, 0.3) is 0 Å². The van der Waals surface area contributed by atoms with Gasteiger partial charge in [0.15, 0.2) is 6.10 Å². The summed E-state index contributed by atoms with van der Waals surface area (Å²) in [5.74, 6) is -0.501. The van der Waals surface area contributed by atoms with Crippen molar-refractivity contribution in [2.75, 3.05) is 6.61 Å². The average molecular weight is 277 g/mol. The highest BCUT2D eigenvalue weighted by Gasteiger charge is 2.38. The molecule has 0 radical (unpaired) electrons. The summed E-state index contributed by atoms with van der Waals surface area (Å²) in [6.45, 7) is 3.34. The van der Waals surface area contributed by atoms with E-state index in [1.54, 1.807) is 30.3 Å². The van der Waals surface area contributed by atoms with Gasteiger partial charge in [-0.25, -0.2) is 9.59 Å². The number of nitrogens with one attached hydrogen (secondary N) is 1. The standard InChI is InChI=1S/C14H15NO5/c1-2-11(16)12-10(15-14(18)20-12)8-19-13(17)9-6-4-3-5-7-9/h2-7,10-12,16H,1,8H2,(H,15,18)/t10-,11+,12-/m0/s1. The summed E-state index contributed by atoms with van der Waals surface area (Å²) < 4.78 is 10.0. The highest BCUT2D eigenvalue weighted by molar-refractivity contribution is 5.89. The molecule has 1 aliphatic rings. The lowest BCUT2D eigenvalue weighted by Gasteiger charge is -2.19. The smallest absolute Gasteiger partial charge is 0.408 e. The molecule has 0 saturated carbocycles. The molecular weight excluding hydrogens is 262 g/mol. The fourth-order valence-electron chi connectivity index (χ4n) is 1.87. The van der Waals surface area contributed by atoms with Crippen molar-refractivity contribution in [3.05, 3.63) is 48.6 Å². The maximum Gasteiger partial charge on any atom is 0.408 e. The Kier molecular flexibility index (Phi) is 4.37. The number of hydrogen-bond acceptors (Lipinski definition) is 5. The number of carbonyl (C=O) groups is 2. The molecule has 1 aromatic rings. The number of esters is 1. The molecule has 1 aliphatic heterocycles. The first-order valence-corrected chi connectivity index (χ1v) is 6.11. The quantitative estimate of drug-likeness (QED) is 0.616. The van der Waals surface area contributed by atoms with Crippen molar-refractivity contribution in [1.82, 2.24) is 5.32 Å². The lowest BCUT2D eigenvalue weighted by atomic mass is 10.1. The van der Waals surface area contributed by atoms with Gasteiger partial charge in [0.1, 0.15) is 18.8 Å². The second-order valence-corrected chi connectivity index (χ2v) is 4.31. The molecular formula is C14H15NO5. The van der Waals surface area contributed by atoms with E-state index in [4.69, 9.17) is 9.47 Å². The van der Waals surface area contributed by atoms with Crippen LogP contribution in [0.4, 0.5) is 4.79 Å². The maximum atomic E-state index is 11.8. The van der Waals surface area contributed by atoms with Crippen LogP contribution in [0.3, 0.4) is 0 Å². The molecule has 1 saturated heterocycles. The van der Waals surface area contributed by atoms with Crippen molar-refractivity contribution >= 4 is 12.1 Å². The van der Waals surface area contributed by atoms with Crippen LogP contribution < -0.4 is 5.32 Å². The number of benzene rings is 1. The van der Waals surface area contributed by atoms with E-state index in [0.29, 0.717) is 5.56 Å². The summed E-state index contributed by atoms with van der Waals surface area (Å²) in [5, 5.41) is 12.1. The summed E-state index contributed by atoms with van der Waals surface area (Å²) >= 11 is 0. The molecule has 1 heterocycles. The van der Waals surface area contributed by atoms with Gasteiger partial charge in [-0.15, -0.1) is 6.58 Å². The van der Waals surface area contributed by atoms with Crippen molar-refractivity contribution < 1.29 is 24.2 Å². The zero-order valence-corrected chi connectivity index (χ0v) is 10.7. The van der Waals surface area contributed by atoms with Crippen LogP contribution in [0.15, 0.2) is 43.0 Å². The van der Waals surface area contributed by atoms with Crippen LogP contribution >= 0.6 is 0 Å². The summed E-state index contributed by atoms with van der Waals surface area (Å²) in [7, 11) is 0. The second-order valence-electron chi connectivity index (χ2n) is 4.31. The Morgan fingerprint density at radius 2 is 2.20 bits per heavy atom. The zero-order chi connectivity index (χ0) is 14.5. The van der Waals surface area contributed by atoms with E-state index in [-0.39, 0.29) is 6.61 Å². The van der Waals surface area contributed by atoms with E-state index in [0.717, 1.165) is 0 Å². The molecule has 6 heteroatoms. The molecule has 20 heavy (non-hydrogen) atoms. The van der Waals surface area contributed by atoms with Crippen LogP contribution in [0.25, 0.3) is 0 Å². The molecule has 2 N–H and O–H groups in total. The van der Waals surface area contributed by atoms with E-state index in [1.165, 1.54) is 6.08 Å². The summed E-state index contributed by atoms with van der Waals surface area (Å²) in [4.78, 5) is 23.0. The van der Waals surface area contributed by atoms with Crippen LogP contribution in [-0.2, 0) is 9.47 Å². The molecule has 6 nitrogen and oxygen atoms in total. The fraction of sp³-hybridized carbons (Fsp3) is 0.286. The summed E-state index contributed by atoms with van der Waals surface area (Å²) in [6, 6.07) is 7.88. The molecule has 1 fully saturated rings. The van der Waals surface area contributed by atoms with Crippen LogP contribution in [0.2, 0.25) is 0 Å². The Bertz CT molecular complexity index is 502. The molecule has 106 valence electrons. The van der Waals surface area contributed by atoms with Gasteiger partial charge in [0.2, 0.25) is 0 Å². The number of cyclic esters (lactones) is 1. The second kappa shape index (κ2) is 6.21. The predicted molar refractivity (Wildman–Crippen MR) is 70.1 cm³/mol. The van der Waals surface area contributed by atoms with Crippen LogP contribution in [0, 0.1) is 0 Å². The number of aliphatic hydroxyl groups excluding tert-OH is 1. The Balaban J connectivity index is 1.94. The Labute approximate surface area is 116 Å². The molecule has 3 atom stereocenters. The number of ether oxygens (including phenoxy) is 2. The van der Waals surface area contributed by atoms with Crippen molar-refractivity contribution in [2.45, 2.75) is 18.2 Å². The first-order valence-electron chi connectivity index (χ1n) is 6.11. The van der Waals surface area contributed by atoms with Crippen LogP contribution in [-0.4, -0.2) is 42.0 Å². The molecule has 0 aromatic heterocycles. The van der Waals surface area contributed by atoms with Gasteiger partial charge in [0, 0.05) is 0 Å². The minimum absolute atomic E-state index is 0.0883. The highest BCUT2D eigenvalue weighted by atomic mass is 16.6. The number of aliphatic hydroxyl groups is 1. The number of carbonyl (C=O) groups excluding carboxylic acids is 2.